The normalized spacial score (nSPS) is 11.5. The maximum absolute atomic E-state index is 11.5. The van der Waals surface area contributed by atoms with Gasteiger partial charge in [-0.2, -0.15) is 0 Å². The molecule has 0 aliphatic carbocycles. The van der Waals surface area contributed by atoms with Crippen LogP contribution in [0.15, 0.2) is 53.1 Å². The van der Waals surface area contributed by atoms with E-state index in [1.807, 2.05) is 38.1 Å². The van der Waals surface area contributed by atoms with Crippen molar-refractivity contribution in [2.75, 3.05) is 20.8 Å². The lowest BCUT2D eigenvalue weighted by molar-refractivity contribution is -0.152. The Hall–Kier alpha value is -3.45. The minimum absolute atomic E-state index is 0.615. The molecule has 1 N–H and O–H groups in total. The maximum Gasteiger partial charge on any atom is 0.347 e. The van der Waals surface area contributed by atoms with Crippen LogP contribution in [0.4, 0.5) is 0 Å². The molecule has 2 aromatic carbocycles. The fourth-order valence-corrected chi connectivity index (χ4v) is 4.01. The molecule has 0 saturated heterocycles. The lowest BCUT2D eigenvalue weighted by Crippen LogP contribution is -2.38. The quantitative estimate of drug-likeness (QED) is 0.371. The van der Waals surface area contributed by atoms with Gasteiger partial charge in [0.05, 0.1) is 27.0 Å². The number of furan rings is 1. The molecule has 1 aromatic heterocycles. The van der Waals surface area contributed by atoms with Gasteiger partial charge < -0.3 is 23.7 Å². The zero-order chi connectivity index (χ0) is 25.6. The van der Waals surface area contributed by atoms with Crippen LogP contribution in [-0.4, -0.2) is 42.3 Å². The minimum atomic E-state index is -1.30. The highest BCUT2D eigenvalue weighted by molar-refractivity contribution is 5.77. The van der Waals surface area contributed by atoms with E-state index in [0.29, 0.717) is 30.3 Å². The van der Waals surface area contributed by atoms with Crippen LogP contribution in [0.5, 0.6) is 17.2 Å². The molecule has 0 aliphatic rings. The Labute approximate surface area is 207 Å². The number of benzene rings is 2. The van der Waals surface area contributed by atoms with E-state index in [1.54, 1.807) is 34.3 Å². The fraction of sp³-hybridized carbons (Fsp3) is 0.393. The molecule has 188 valence electrons. The highest BCUT2D eigenvalue weighted by atomic mass is 16.5. The topological polar surface area (TPSA) is 81.4 Å². The van der Waals surface area contributed by atoms with E-state index >= 15 is 0 Å². The molecule has 0 bridgehead atoms. The van der Waals surface area contributed by atoms with Gasteiger partial charge >= 0.3 is 5.97 Å². The van der Waals surface area contributed by atoms with Crippen molar-refractivity contribution in [2.45, 2.75) is 52.8 Å². The largest absolute Gasteiger partial charge is 0.493 e. The molecule has 0 radical (unpaired) electrons. The number of methoxy groups -OCH3 is 2. The molecule has 0 saturated carbocycles. The van der Waals surface area contributed by atoms with Gasteiger partial charge in [0, 0.05) is 13.1 Å². The number of carboxylic acid groups (broad SMARTS) is 1. The summed E-state index contributed by atoms with van der Waals surface area (Å²) in [6.07, 6.45) is 2.51. The summed E-state index contributed by atoms with van der Waals surface area (Å²) in [6.45, 7) is 9.19. The Bertz CT molecular complexity index is 1110. The highest BCUT2D eigenvalue weighted by Crippen LogP contribution is 2.30. The van der Waals surface area contributed by atoms with Crippen LogP contribution < -0.4 is 14.2 Å². The Kier molecular flexibility index (Phi) is 8.46. The number of hydrogen-bond acceptors (Lipinski definition) is 6. The van der Waals surface area contributed by atoms with Crippen LogP contribution in [0, 0.1) is 13.8 Å². The molecule has 7 heteroatoms. The number of hydrogen-bond donors (Lipinski definition) is 1. The zero-order valence-corrected chi connectivity index (χ0v) is 21.4. The summed E-state index contributed by atoms with van der Waals surface area (Å²) in [7, 11) is 3.27. The van der Waals surface area contributed by atoms with Crippen molar-refractivity contribution in [3.8, 4) is 17.2 Å². The van der Waals surface area contributed by atoms with Crippen LogP contribution in [0.3, 0.4) is 0 Å². The van der Waals surface area contributed by atoms with Crippen molar-refractivity contribution in [1.29, 1.82) is 0 Å². The molecule has 3 rings (SSSR count). The van der Waals surface area contributed by atoms with E-state index in [2.05, 4.69) is 23.1 Å². The average Bonchev–Trinajstić information content (AvgIpc) is 3.32. The maximum atomic E-state index is 11.5. The summed E-state index contributed by atoms with van der Waals surface area (Å²) >= 11 is 0. The van der Waals surface area contributed by atoms with Crippen LogP contribution >= 0.6 is 0 Å². The summed E-state index contributed by atoms with van der Waals surface area (Å²) < 4.78 is 22.3. The fourth-order valence-electron chi connectivity index (χ4n) is 4.01. The van der Waals surface area contributed by atoms with Crippen molar-refractivity contribution in [3.05, 3.63) is 76.7 Å². The van der Waals surface area contributed by atoms with Crippen molar-refractivity contribution in [1.82, 2.24) is 4.90 Å². The molecule has 7 nitrogen and oxygen atoms in total. The summed E-state index contributed by atoms with van der Waals surface area (Å²) in [5.41, 5.74) is 2.79. The number of rotatable bonds is 12. The predicted octanol–water partition coefficient (Wildman–Crippen LogP) is 5.40. The van der Waals surface area contributed by atoms with Crippen LogP contribution in [0.1, 0.15) is 41.9 Å². The lowest BCUT2D eigenvalue weighted by atomic mass is 10.0. The van der Waals surface area contributed by atoms with Gasteiger partial charge in [0.1, 0.15) is 11.5 Å². The van der Waals surface area contributed by atoms with E-state index < -0.39 is 11.6 Å². The molecule has 3 aromatic rings. The van der Waals surface area contributed by atoms with Crippen LogP contribution in [0.25, 0.3) is 0 Å². The van der Waals surface area contributed by atoms with Gasteiger partial charge in [0.25, 0.3) is 0 Å². The second-order valence-corrected chi connectivity index (χ2v) is 9.21. The molecular weight excluding hydrogens is 446 g/mol. The summed E-state index contributed by atoms with van der Waals surface area (Å²) in [6, 6.07) is 14.0. The smallest absolute Gasteiger partial charge is 0.347 e. The molecule has 0 amide bonds. The molecule has 35 heavy (non-hydrogen) atoms. The van der Waals surface area contributed by atoms with Gasteiger partial charge in [0.15, 0.2) is 17.1 Å². The second-order valence-electron chi connectivity index (χ2n) is 9.21. The molecule has 1 heterocycles. The second kappa shape index (κ2) is 11.3. The predicted molar refractivity (Wildman–Crippen MR) is 134 cm³/mol. The Morgan fingerprint density at radius 1 is 0.971 bits per heavy atom. The first-order valence-corrected chi connectivity index (χ1v) is 11.6. The van der Waals surface area contributed by atoms with E-state index in [-0.39, 0.29) is 0 Å². The third-order valence-corrected chi connectivity index (χ3v) is 5.92. The van der Waals surface area contributed by atoms with Gasteiger partial charge in [-0.15, -0.1) is 0 Å². The SMILES string of the molecule is COc1ccc(CCN(Cc2cc(C)c(OC(C)(C)C(=O)O)c(C)c2)Cc2ccco2)cc1OC. The molecule has 0 atom stereocenters. The van der Waals surface area contributed by atoms with Gasteiger partial charge in [-0.05, 0) is 80.6 Å². The van der Waals surface area contributed by atoms with Gasteiger partial charge in [-0.1, -0.05) is 18.2 Å². The zero-order valence-electron chi connectivity index (χ0n) is 21.4. The third-order valence-electron chi connectivity index (χ3n) is 5.92. The third kappa shape index (κ3) is 6.79. The number of aliphatic carboxylic acids is 1. The summed E-state index contributed by atoms with van der Waals surface area (Å²) in [5, 5.41) is 9.44. The molecule has 0 spiro atoms. The molecular formula is C28H35NO6. The first kappa shape index (κ1) is 26.2. The number of carboxylic acids is 1. The highest BCUT2D eigenvalue weighted by Gasteiger charge is 2.30. The van der Waals surface area contributed by atoms with Crippen LogP contribution in [0.2, 0.25) is 0 Å². The van der Waals surface area contributed by atoms with Gasteiger partial charge in [-0.3, -0.25) is 4.90 Å². The standard InChI is InChI=1S/C28H35NO6/c1-19-14-22(15-20(2)26(19)35-28(3,4)27(30)31)17-29(18-23-8-7-13-34-23)12-11-21-9-10-24(32-5)25(16-21)33-6/h7-10,13-16H,11-12,17-18H2,1-6H3,(H,30,31). The number of carbonyl (C=O) groups is 1. The molecule has 0 unspecified atom stereocenters. The Morgan fingerprint density at radius 3 is 2.23 bits per heavy atom. The van der Waals surface area contributed by atoms with Crippen molar-refractivity contribution >= 4 is 5.97 Å². The first-order valence-electron chi connectivity index (χ1n) is 11.6. The monoisotopic (exact) mass is 481 g/mol. The van der Waals surface area contributed by atoms with Crippen molar-refractivity contribution in [3.63, 3.8) is 0 Å². The summed E-state index contributed by atoms with van der Waals surface area (Å²) in [4.78, 5) is 13.8. The number of ether oxygens (including phenoxy) is 3. The minimum Gasteiger partial charge on any atom is -0.493 e. The van der Waals surface area contributed by atoms with E-state index in [4.69, 9.17) is 18.6 Å². The van der Waals surface area contributed by atoms with Gasteiger partial charge in [-0.25, -0.2) is 4.79 Å². The summed E-state index contributed by atoms with van der Waals surface area (Å²) in [5.74, 6) is 1.94. The van der Waals surface area contributed by atoms with Crippen molar-refractivity contribution < 1.29 is 28.5 Å². The van der Waals surface area contributed by atoms with E-state index in [0.717, 1.165) is 41.0 Å². The van der Waals surface area contributed by atoms with Gasteiger partial charge in [0.2, 0.25) is 0 Å². The van der Waals surface area contributed by atoms with Crippen molar-refractivity contribution in [2.24, 2.45) is 0 Å². The van der Waals surface area contributed by atoms with Crippen LogP contribution in [-0.2, 0) is 24.3 Å². The number of nitrogens with zero attached hydrogens (tertiary/aromatic N) is 1. The Morgan fingerprint density at radius 2 is 1.66 bits per heavy atom. The molecule has 0 fully saturated rings. The number of aryl methyl sites for hydroxylation is 2. The average molecular weight is 482 g/mol. The van der Waals surface area contributed by atoms with E-state index in [9.17, 15) is 9.90 Å². The Balaban J connectivity index is 1.79. The first-order chi connectivity index (χ1) is 16.6. The van der Waals surface area contributed by atoms with E-state index in [1.165, 1.54) is 0 Å². The molecule has 0 aliphatic heterocycles. The lowest BCUT2D eigenvalue weighted by Gasteiger charge is -2.26.